The third-order valence-corrected chi connectivity index (χ3v) is 5.61. The Morgan fingerprint density at radius 1 is 1.33 bits per heavy atom. The second kappa shape index (κ2) is 8.45. The molecule has 3 aromatic rings. The summed E-state index contributed by atoms with van der Waals surface area (Å²) in [6.07, 6.45) is 2.49. The second-order valence-electron chi connectivity index (χ2n) is 5.97. The van der Waals surface area contributed by atoms with Gasteiger partial charge >= 0.3 is 5.97 Å². The van der Waals surface area contributed by atoms with E-state index >= 15 is 0 Å². The Balaban J connectivity index is 1.95. The molecule has 0 radical (unpaired) electrons. The van der Waals surface area contributed by atoms with Gasteiger partial charge in [0.2, 0.25) is 0 Å². The number of hydrogen-bond acceptors (Lipinski definition) is 5. The first-order valence-corrected chi connectivity index (χ1v) is 9.94. The first-order chi connectivity index (χ1) is 13.0. The van der Waals surface area contributed by atoms with Gasteiger partial charge in [0.05, 0.1) is 11.3 Å². The first-order valence-electron chi connectivity index (χ1n) is 8.27. The van der Waals surface area contributed by atoms with Crippen molar-refractivity contribution in [2.45, 2.75) is 19.8 Å². The molecule has 2 N–H and O–H groups in total. The Morgan fingerprint density at radius 2 is 2.07 bits per heavy atom. The number of nitrogens with one attached hydrogen (secondary N) is 1. The maximum absolute atomic E-state index is 10.8. The van der Waals surface area contributed by atoms with E-state index in [9.17, 15) is 4.79 Å². The van der Waals surface area contributed by atoms with Crippen LogP contribution in [0.5, 0.6) is 0 Å². The lowest BCUT2D eigenvalue weighted by atomic mass is 10.1. The third-order valence-electron chi connectivity index (χ3n) is 3.92. The lowest BCUT2D eigenvalue weighted by Crippen LogP contribution is -2.05. The van der Waals surface area contributed by atoms with Gasteiger partial charge in [-0.2, -0.15) is 0 Å². The molecule has 2 heterocycles. The van der Waals surface area contributed by atoms with Crippen molar-refractivity contribution in [2.75, 3.05) is 5.32 Å². The van der Waals surface area contributed by atoms with E-state index in [0.717, 1.165) is 37.7 Å². The van der Waals surface area contributed by atoms with Gasteiger partial charge in [0.1, 0.15) is 5.82 Å². The van der Waals surface area contributed by atoms with Gasteiger partial charge in [-0.1, -0.05) is 18.2 Å². The summed E-state index contributed by atoms with van der Waals surface area (Å²) in [5.41, 5.74) is 3.47. The number of aromatic nitrogens is 2. The Morgan fingerprint density at radius 3 is 2.67 bits per heavy atom. The van der Waals surface area contributed by atoms with Crippen LogP contribution in [-0.4, -0.2) is 21.0 Å². The number of aryl methyl sites for hydroxylation is 1. The normalized spacial score (nSPS) is 10.6. The summed E-state index contributed by atoms with van der Waals surface area (Å²) in [7, 11) is 0. The van der Waals surface area contributed by atoms with Crippen LogP contribution in [0, 0.1) is 6.92 Å². The lowest BCUT2D eigenvalue weighted by molar-refractivity contribution is -0.136. The van der Waals surface area contributed by atoms with Gasteiger partial charge < -0.3 is 10.4 Å². The summed E-state index contributed by atoms with van der Waals surface area (Å²) in [6, 6.07) is 9.31. The van der Waals surface area contributed by atoms with E-state index in [0.29, 0.717) is 12.2 Å². The minimum absolute atomic E-state index is 0.00597. The molecule has 0 saturated heterocycles. The number of allylic oxidation sites excluding steroid dienone is 1. The number of halogens is 1. The minimum Gasteiger partial charge on any atom is -0.481 e. The zero-order valence-electron chi connectivity index (χ0n) is 14.7. The number of rotatable bonds is 7. The molecule has 0 aliphatic carbocycles. The number of carbonyl (C=O) groups is 1. The largest absolute Gasteiger partial charge is 0.481 e. The van der Waals surface area contributed by atoms with Gasteiger partial charge in [0, 0.05) is 26.8 Å². The van der Waals surface area contributed by atoms with Crippen LogP contribution in [0.4, 0.5) is 11.5 Å². The van der Waals surface area contributed by atoms with Crippen LogP contribution in [-0.2, 0) is 17.6 Å². The number of carboxylic acids is 1. The average Bonchev–Trinajstić information content (AvgIpc) is 3.05. The molecule has 0 saturated carbocycles. The highest BCUT2D eigenvalue weighted by Crippen LogP contribution is 2.31. The number of benzene rings is 1. The molecule has 0 aliphatic rings. The smallest absolute Gasteiger partial charge is 0.307 e. The SMILES string of the molecule is C=CCc1c(C)nc(-c2cc(Br)cs2)nc1Nc1ccc(CC(=O)O)cc1. The number of nitrogens with zero attached hydrogens (tertiary/aromatic N) is 2. The molecule has 2 aromatic heterocycles. The maximum atomic E-state index is 10.8. The molecule has 0 spiro atoms. The molecule has 0 fully saturated rings. The molecule has 0 amide bonds. The van der Waals surface area contributed by atoms with E-state index in [-0.39, 0.29) is 6.42 Å². The molecular weight excluding hydrogens is 426 g/mol. The Hall–Kier alpha value is -2.51. The van der Waals surface area contributed by atoms with Crippen LogP contribution in [0.3, 0.4) is 0 Å². The highest BCUT2D eigenvalue weighted by atomic mass is 79.9. The van der Waals surface area contributed by atoms with E-state index in [1.165, 1.54) is 0 Å². The number of aliphatic carboxylic acids is 1. The molecular formula is C20H18BrN3O2S. The zero-order chi connectivity index (χ0) is 19.4. The van der Waals surface area contributed by atoms with Crippen molar-refractivity contribution < 1.29 is 9.90 Å². The monoisotopic (exact) mass is 443 g/mol. The number of anilines is 2. The predicted octanol–water partition coefficient (Wildman–Crippen LogP) is 5.38. The summed E-state index contributed by atoms with van der Waals surface area (Å²) in [6.45, 7) is 5.79. The van der Waals surface area contributed by atoms with Crippen molar-refractivity contribution in [3.05, 3.63) is 69.7 Å². The molecule has 27 heavy (non-hydrogen) atoms. The molecule has 138 valence electrons. The second-order valence-corrected chi connectivity index (χ2v) is 7.80. The van der Waals surface area contributed by atoms with E-state index in [1.807, 2.05) is 36.6 Å². The molecule has 0 atom stereocenters. The van der Waals surface area contributed by atoms with Crippen molar-refractivity contribution in [3.63, 3.8) is 0 Å². The van der Waals surface area contributed by atoms with Gasteiger partial charge in [-0.25, -0.2) is 9.97 Å². The van der Waals surface area contributed by atoms with Gasteiger partial charge in [-0.15, -0.1) is 17.9 Å². The van der Waals surface area contributed by atoms with Gasteiger partial charge in [-0.05, 0) is 53.0 Å². The maximum Gasteiger partial charge on any atom is 0.307 e. The summed E-state index contributed by atoms with van der Waals surface area (Å²) in [5.74, 6) is 0.552. The molecule has 1 aromatic carbocycles. The number of hydrogen-bond donors (Lipinski definition) is 2. The van der Waals surface area contributed by atoms with Crippen molar-refractivity contribution in [1.29, 1.82) is 0 Å². The third kappa shape index (κ3) is 4.81. The topological polar surface area (TPSA) is 75.1 Å². The van der Waals surface area contributed by atoms with Crippen LogP contribution in [0.15, 0.2) is 52.8 Å². The molecule has 7 heteroatoms. The quantitative estimate of drug-likeness (QED) is 0.479. The molecule has 5 nitrogen and oxygen atoms in total. The zero-order valence-corrected chi connectivity index (χ0v) is 17.1. The van der Waals surface area contributed by atoms with Crippen molar-refractivity contribution in [2.24, 2.45) is 0 Å². The summed E-state index contributed by atoms with van der Waals surface area (Å²) in [4.78, 5) is 21.2. The fourth-order valence-electron chi connectivity index (χ4n) is 2.65. The molecule has 3 rings (SSSR count). The predicted molar refractivity (Wildman–Crippen MR) is 113 cm³/mol. The Bertz CT molecular complexity index is 983. The minimum atomic E-state index is -0.845. The van der Waals surface area contributed by atoms with Crippen LogP contribution in [0.1, 0.15) is 16.8 Å². The van der Waals surface area contributed by atoms with Gasteiger partial charge in [0.15, 0.2) is 5.82 Å². The Kier molecular flexibility index (Phi) is 6.03. The molecule has 0 aliphatic heterocycles. The van der Waals surface area contributed by atoms with Gasteiger partial charge in [0.25, 0.3) is 0 Å². The highest BCUT2D eigenvalue weighted by Gasteiger charge is 2.14. The standard InChI is InChI=1S/C20H18BrN3O2S/c1-3-4-16-12(2)22-20(17-10-14(21)11-27-17)24-19(16)23-15-7-5-13(6-8-15)9-18(25)26/h3,5-8,10-11H,1,4,9H2,2H3,(H,25,26)(H,22,23,24). The fourth-order valence-corrected chi connectivity index (χ4v) is 4.01. The summed E-state index contributed by atoms with van der Waals surface area (Å²) in [5, 5.41) is 14.2. The number of carboxylic acid groups (broad SMARTS) is 1. The Labute approximate surface area is 169 Å². The summed E-state index contributed by atoms with van der Waals surface area (Å²) < 4.78 is 1.00. The van der Waals surface area contributed by atoms with Crippen molar-refractivity contribution >= 4 is 44.7 Å². The lowest BCUT2D eigenvalue weighted by Gasteiger charge is -2.14. The fraction of sp³-hybridized carbons (Fsp3) is 0.150. The van der Waals surface area contributed by atoms with Crippen LogP contribution < -0.4 is 5.32 Å². The van der Waals surface area contributed by atoms with Crippen LogP contribution >= 0.6 is 27.3 Å². The van der Waals surface area contributed by atoms with Crippen molar-refractivity contribution in [3.8, 4) is 10.7 Å². The summed E-state index contributed by atoms with van der Waals surface area (Å²) >= 11 is 5.05. The average molecular weight is 444 g/mol. The first kappa shape index (κ1) is 19.3. The highest BCUT2D eigenvalue weighted by molar-refractivity contribution is 9.10. The molecule has 0 unspecified atom stereocenters. The van der Waals surface area contributed by atoms with Crippen LogP contribution in [0.25, 0.3) is 10.7 Å². The van der Waals surface area contributed by atoms with E-state index in [2.05, 4.69) is 32.8 Å². The molecule has 0 bridgehead atoms. The van der Waals surface area contributed by atoms with E-state index in [1.54, 1.807) is 23.5 Å². The van der Waals surface area contributed by atoms with Gasteiger partial charge in [-0.3, -0.25) is 4.79 Å². The van der Waals surface area contributed by atoms with E-state index in [4.69, 9.17) is 10.1 Å². The number of thiophene rings is 1. The van der Waals surface area contributed by atoms with Crippen molar-refractivity contribution in [1.82, 2.24) is 9.97 Å². The van der Waals surface area contributed by atoms with Crippen LogP contribution in [0.2, 0.25) is 0 Å². The van der Waals surface area contributed by atoms with E-state index < -0.39 is 5.97 Å².